The summed E-state index contributed by atoms with van der Waals surface area (Å²) < 4.78 is 87.8. The summed E-state index contributed by atoms with van der Waals surface area (Å²) in [5.41, 5.74) is 0. The molecule has 568 valence electrons. The SMILES string of the molecule is CC(=O)N[C@H]1[C@H](O[C@@H]2[C@@H](OC[C@H]3O[C@@H](O[C@H]4[C@H](O)[C@@H](NC(C)=O)C(O)O[C@@H]4CO)[C@H](O)[C@@H](O[C@H]4O[C@H](CO)[C@@H](O)[C@H](O)[C@@H]4O[C@@H]4O[C@H](CO)[C@@H](O[C@@H]5O[C@H](CO)[C@H](O)[C@H](O)[C@H]5O)[C@H](O)[C@H]4NC(C)=O)[C@@H]3O)O[C@H](CO)[C@@H](O)[C@@H]2O)O[C@H](CO)[C@@H](O[C@@H]2O[C@H](CO)[C@H](O)[C@H](O)[C@H]2O)[C@@H]1O. The zero-order chi connectivity index (χ0) is 72.2. The van der Waals surface area contributed by atoms with Gasteiger partial charge in [0.2, 0.25) is 17.7 Å². The lowest BCUT2D eigenvalue weighted by Crippen LogP contribution is -2.70. The monoisotopic (exact) mass is 1440 g/mol. The number of hydrogen-bond donors (Lipinski definition) is 26. The maximum atomic E-state index is 12.8. The predicted molar refractivity (Wildman–Crippen MR) is 299 cm³/mol. The van der Waals surface area contributed by atoms with Crippen LogP contribution < -0.4 is 16.0 Å². The van der Waals surface area contributed by atoms with E-state index in [2.05, 4.69) is 16.0 Å². The summed E-state index contributed by atoms with van der Waals surface area (Å²) in [6.45, 7) is -5.49. The van der Waals surface area contributed by atoms with Crippen molar-refractivity contribution >= 4 is 17.7 Å². The first-order chi connectivity index (χ1) is 46.4. The summed E-state index contributed by atoms with van der Waals surface area (Å²) in [5, 5.41) is 259. The van der Waals surface area contributed by atoms with Crippen molar-refractivity contribution in [3.63, 3.8) is 0 Å². The molecule has 0 aromatic rings. The normalized spacial score (nSPS) is 49.5. The zero-order valence-corrected chi connectivity index (χ0v) is 52.4. The molecule has 0 aromatic carbocycles. The Morgan fingerprint density at radius 1 is 0.265 bits per heavy atom. The fourth-order valence-electron chi connectivity index (χ4n) is 12.6. The van der Waals surface area contributed by atoms with Crippen molar-refractivity contribution in [2.75, 3.05) is 52.9 Å². The van der Waals surface area contributed by atoms with Crippen LogP contribution in [0.25, 0.3) is 0 Å². The van der Waals surface area contributed by atoms with Crippen LogP contribution in [0.1, 0.15) is 20.8 Å². The number of aliphatic hydroxyl groups excluding tert-OH is 23. The lowest BCUT2D eigenvalue weighted by atomic mass is 9.94. The first-order valence-electron chi connectivity index (χ1n) is 31.1. The van der Waals surface area contributed by atoms with Crippen molar-refractivity contribution in [2.24, 2.45) is 0 Å². The van der Waals surface area contributed by atoms with Gasteiger partial charge < -0.3 is 204 Å². The fourth-order valence-corrected chi connectivity index (χ4v) is 12.6. The molecule has 8 aliphatic rings. The van der Waals surface area contributed by atoms with Crippen LogP contribution in [0.4, 0.5) is 0 Å². The van der Waals surface area contributed by atoms with Gasteiger partial charge in [0.15, 0.2) is 50.3 Å². The Morgan fingerprint density at radius 2 is 0.551 bits per heavy atom. The van der Waals surface area contributed by atoms with Gasteiger partial charge >= 0.3 is 0 Å². The Kier molecular flexibility index (Phi) is 28.9. The highest BCUT2D eigenvalue weighted by Crippen LogP contribution is 2.39. The third-order valence-electron chi connectivity index (χ3n) is 17.8. The Balaban J connectivity index is 1.10. The van der Waals surface area contributed by atoms with Crippen molar-refractivity contribution in [1.29, 1.82) is 0 Å². The molecule has 0 bridgehead atoms. The molecule has 44 heteroatoms. The summed E-state index contributed by atoms with van der Waals surface area (Å²) >= 11 is 0. The van der Waals surface area contributed by atoms with Crippen LogP contribution in [0.2, 0.25) is 0 Å². The van der Waals surface area contributed by atoms with Crippen molar-refractivity contribution in [3.8, 4) is 0 Å². The van der Waals surface area contributed by atoms with E-state index in [-0.39, 0.29) is 0 Å². The Bertz CT molecular complexity index is 2510. The highest BCUT2D eigenvalue weighted by Gasteiger charge is 2.60. The molecule has 98 heavy (non-hydrogen) atoms. The number of nitrogens with one attached hydrogen (secondary N) is 3. The average Bonchev–Trinajstić information content (AvgIpc) is 0.774. The maximum absolute atomic E-state index is 12.8. The molecule has 0 radical (unpaired) electrons. The second kappa shape index (κ2) is 35.1. The summed E-state index contributed by atoms with van der Waals surface area (Å²) in [6.07, 6.45) is -75.2. The Labute approximate surface area is 554 Å². The third kappa shape index (κ3) is 17.5. The van der Waals surface area contributed by atoms with Gasteiger partial charge in [0.1, 0.15) is 195 Å². The van der Waals surface area contributed by atoms with Crippen molar-refractivity contribution in [3.05, 3.63) is 0 Å². The van der Waals surface area contributed by atoms with Gasteiger partial charge in [-0.2, -0.15) is 0 Å². The first-order valence-corrected chi connectivity index (χ1v) is 31.1. The third-order valence-corrected chi connectivity index (χ3v) is 17.8. The van der Waals surface area contributed by atoms with E-state index < -0.39 is 316 Å². The topological polar surface area (TPSA) is 691 Å². The summed E-state index contributed by atoms with van der Waals surface area (Å²) in [4.78, 5) is 37.8. The van der Waals surface area contributed by atoms with Crippen LogP contribution >= 0.6 is 0 Å². The van der Waals surface area contributed by atoms with Gasteiger partial charge in [-0.15, -0.1) is 0 Å². The molecule has 0 saturated carbocycles. The molecule has 0 aromatic heterocycles. The zero-order valence-electron chi connectivity index (χ0n) is 52.4. The number of carbonyl (C=O) groups is 3. The number of aliphatic hydroxyl groups is 23. The number of rotatable bonds is 25. The highest BCUT2D eigenvalue weighted by atomic mass is 16.8. The number of ether oxygens (including phenoxy) is 15. The van der Waals surface area contributed by atoms with E-state index in [4.69, 9.17) is 71.1 Å². The fraction of sp³-hybridized carbons (Fsp3) is 0.944. The first kappa shape index (κ1) is 80.6. The predicted octanol–water partition coefficient (Wildman–Crippen LogP) is -18.0. The largest absolute Gasteiger partial charge is 0.394 e. The summed E-state index contributed by atoms with van der Waals surface area (Å²) in [5.74, 6) is -2.65. The number of amides is 3. The molecule has 44 nitrogen and oxygen atoms in total. The maximum Gasteiger partial charge on any atom is 0.217 e. The molecular formula is C54H91N3O41. The standard InChI is InChI=1S/C54H91N3O41/c1-12(65)55-23-31(73)41(19(8-62)85-47(23)83)95-52-40(82)44(96-54-46(37(79)29(71)18(7-61)89-54)98-49-25(57-14(3)67)33(75)43(21(10-64)91-49)94-51-39(81)35(77)27(69)16(5-59)87-51)30(72)22(92-52)11-84-53-45(36(78)28(70)17(6-60)88-53)97-48-24(56-13(2)66)32(74)42(20(9-63)90-48)93-50-38(80)34(76)26(68)15(4-58)86-50/h15-54,58-64,68-83H,4-11H2,1-3H3,(H,55,65)(H,56,66)(H,57,67)/t15-,16-,17-,18-,19-,20-,21-,22-,23-,24-,25-,26+,27+,28-,29-,30-,31-,32-,33-,34+,35+,36+,37+,38-,39-,40-,41-,42-,43-,44+,45+,46+,47?,48+,49+,50+,51+,52+,53+,54-/m1/s1. The molecule has 40 atom stereocenters. The van der Waals surface area contributed by atoms with Crippen LogP contribution in [0.3, 0.4) is 0 Å². The van der Waals surface area contributed by atoms with E-state index in [1.54, 1.807) is 0 Å². The van der Waals surface area contributed by atoms with Gasteiger partial charge in [-0.1, -0.05) is 0 Å². The minimum atomic E-state index is -2.45. The molecule has 0 aliphatic carbocycles. The van der Waals surface area contributed by atoms with Gasteiger partial charge in [0.25, 0.3) is 0 Å². The van der Waals surface area contributed by atoms with E-state index in [1.165, 1.54) is 0 Å². The van der Waals surface area contributed by atoms with E-state index in [0.717, 1.165) is 20.8 Å². The second-order valence-electron chi connectivity index (χ2n) is 24.6. The number of hydrogen-bond acceptors (Lipinski definition) is 41. The van der Waals surface area contributed by atoms with Gasteiger partial charge in [-0.05, 0) is 0 Å². The molecular weight excluding hydrogens is 1350 g/mol. The van der Waals surface area contributed by atoms with E-state index in [0.29, 0.717) is 0 Å². The smallest absolute Gasteiger partial charge is 0.217 e. The van der Waals surface area contributed by atoms with Gasteiger partial charge in [0, 0.05) is 20.8 Å². The van der Waals surface area contributed by atoms with Crippen molar-refractivity contribution in [2.45, 2.75) is 266 Å². The quantitative estimate of drug-likeness (QED) is 0.0404. The molecule has 8 fully saturated rings. The van der Waals surface area contributed by atoms with E-state index in [1.807, 2.05) is 0 Å². The molecule has 1 unspecified atom stereocenters. The van der Waals surface area contributed by atoms with Crippen molar-refractivity contribution < 1.29 is 203 Å². The Morgan fingerprint density at radius 3 is 0.939 bits per heavy atom. The molecule has 8 aliphatic heterocycles. The van der Waals surface area contributed by atoms with Crippen LogP contribution in [0.15, 0.2) is 0 Å². The molecule has 8 saturated heterocycles. The molecule has 3 amide bonds. The van der Waals surface area contributed by atoms with E-state index >= 15 is 0 Å². The van der Waals surface area contributed by atoms with Gasteiger partial charge in [-0.25, -0.2) is 0 Å². The van der Waals surface area contributed by atoms with Crippen molar-refractivity contribution in [1.82, 2.24) is 16.0 Å². The van der Waals surface area contributed by atoms with Crippen LogP contribution in [0.5, 0.6) is 0 Å². The van der Waals surface area contributed by atoms with Crippen LogP contribution in [-0.4, -0.2) is 433 Å². The Hall–Kier alpha value is -3.11. The number of carbonyl (C=O) groups excluding carboxylic acids is 3. The van der Waals surface area contributed by atoms with Crippen LogP contribution in [-0.2, 0) is 85.4 Å². The van der Waals surface area contributed by atoms with Gasteiger partial charge in [0.05, 0.1) is 52.9 Å². The lowest BCUT2D eigenvalue weighted by Gasteiger charge is -2.51. The minimum absolute atomic E-state index is 0.827. The molecule has 8 rings (SSSR count). The average molecular weight is 1440 g/mol. The summed E-state index contributed by atoms with van der Waals surface area (Å²) in [7, 11) is 0. The second-order valence-corrected chi connectivity index (χ2v) is 24.6. The minimum Gasteiger partial charge on any atom is -0.394 e. The molecule has 26 N–H and O–H groups in total. The van der Waals surface area contributed by atoms with Crippen LogP contribution in [0, 0.1) is 0 Å². The molecule has 8 heterocycles. The summed E-state index contributed by atoms with van der Waals surface area (Å²) in [6, 6.07) is -5.48. The highest BCUT2D eigenvalue weighted by molar-refractivity contribution is 5.74. The van der Waals surface area contributed by atoms with Gasteiger partial charge in [-0.3, -0.25) is 14.4 Å². The lowest BCUT2D eigenvalue weighted by molar-refractivity contribution is -0.397. The molecule has 0 spiro atoms. The van der Waals surface area contributed by atoms with E-state index in [9.17, 15) is 132 Å².